The second kappa shape index (κ2) is 3.41. The van der Waals surface area contributed by atoms with Crippen molar-refractivity contribution in [1.82, 2.24) is 0 Å². The first kappa shape index (κ1) is 10.1. The Hall–Kier alpha value is 0.0187. The quantitative estimate of drug-likeness (QED) is 0.670. The predicted molar refractivity (Wildman–Crippen MR) is 58.9 cm³/mol. The van der Waals surface area contributed by atoms with E-state index in [-0.39, 0.29) is 0 Å². The van der Waals surface area contributed by atoms with E-state index in [1.807, 2.05) is 0 Å². The van der Waals surface area contributed by atoms with Gasteiger partial charge in [-0.2, -0.15) is 0 Å². The molecule has 0 saturated heterocycles. The summed E-state index contributed by atoms with van der Waals surface area (Å²) in [4.78, 5) is 7.38. The Labute approximate surface area is 79.9 Å². The van der Waals surface area contributed by atoms with E-state index >= 15 is 0 Å². The molecule has 0 heterocycles. The van der Waals surface area contributed by atoms with E-state index in [4.69, 9.17) is 0 Å². The molecule has 0 radical (unpaired) electrons. The molecule has 0 spiro atoms. The van der Waals surface area contributed by atoms with Crippen LogP contribution >= 0.6 is 0 Å². The van der Waals surface area contributed by atoms with Crippen molar-refractivity contribution >= 4 is 18.4 Å². The van der Waals surface area contributed by atoms with Crippen LogP contribution in [0.3, 0.4) is 0 Å². The van der Waals surface area contributed by atoms with E-state index in [9.17, 15) is 0 Å². The van der Waals surface area contributed by atoms with Crippen LogP contribution < -0.4 is 0 Å². The van der Waals surface area contributed by atoms with Crippen molar-refractivity contribution in [2.75, 3.05) is 0 Å². The molecular formula is C11H18Sn. The fourth-order valence-electron chi connectivity index (χ4n) is 1.61. The molecule has 0 atom stereocenters. The third kappa shape index (κ3) is 2.03. The molecule has 0 aromatic heterocycles. The van der Waals surface area contributed by atoms with Crippen LogP contribution in [0.25, 0.3) is 0 Å². The molecule has 0 amide bonds. The molecule has 1 aliphatic rings. The molecule has 0 bridgehead atoms. The first-order chi connectivity index (χ1) is 5.43. The van der Waals surface area contributed by atoms with Crippen LogP contribution in [0.5, 0.6) is 0 Å². The zero-order valence-electron chi connectivity index (χ0n) is 8.57. The van der Waals surface area contributed by atoms with Gasteiger partial charge in [-0.1, -0.05) is 0 Å². The van der Waals surface area contributed by atoms with Gasteiger partial charge in [0.1, 0.15) is 0 Å². The summed E-state index contributed by atoms with van der Waals surface area (Å²) in [6.07, 6.45) is 5.74. The molecular weight excluding hydrogens is 251 g/mol. The van der Waals surface area contributed by atoms with Crippen LogP contribution in [0, 0.1) is 0 Å². The van der Waals surface area contributed by atoms with Gasteiger partial charge in [0.25, 0.3) is 0 Å². The monoisotopic (exact) mass is 270 g/mol. The summed E-state index contributed by atoms with van der Waals surface area (Å²) in [6, 6.07) is 0. The second-order valence-corrected chi connectivity index (χ2v) is 18.9. The van der Waals surface area contributed by atoms with Gasteiger partial charge in [0, 0.05) is 0 Å². The Morgan fingerprint density at radius 3 is 2.33 bits per heavy atom. The van der Waals surface area contributed by atoms with E-state index in [2.05, 4.69) is 40.5 Å². The summed E-state index contributed by atoms with van der Waals surface area (Å²) in [7, 11) is 0. The van der Waals surface area contributed by atoms with Crippen LogP contribution in [-0.4, -0.2) is 18.4 Å². The van der Waals surface area contributed by atoms with Gasteiger partial charge in [-0.05, 0) is 0 Å². The third-order valence-electron chi connectivity index (χ3n) is 2.25. The molecule has 66 valence electrons. The molecule has 1 heteroatoms. The van der Waals surface area contributed by atoms with Crippen LogP contribution in [0.1, 0.15) is 13.3 Å². The number of hydrogen-bond donors (Lipinski definition) is 0. The summed E-state index contributed by atoms with van der Waals surface area (Å²) in [5.74, 6) is 0. The number of rotatable bonds is 2. The molecule has 0 saturated carbocycles. The average Bonchev–Trinajstić information content (AvgIpc) is 2.30. The zero-order valence-corrected chi connectivity index (χ0v) is 11.4. The fraction of sp³-hybridized carbons (Fsp3) is 0.455. The van der Waals surface area contributed by atoms with Gasteiger partial charge in [0.2, 0.25) is 0 Å². The molecule has 0 nitrogen and oxygen atoms in total. The number of allylic oxidation sites excluding steroid dienone is 5. The summed E-state index contributed by atoms with van der Waals surface area (Å²) in [5.41, 5.74) is 2.79. The summed E-state index contributed by atoms with van der Waals surface area (Å²) >= 11 is -1.83. The first-order valence-electron chi connectivity index (χ1n) is 4.49. The Morgan fingerprint density at radius 2 is 2.00 bits per heavy atom. The molecule has 0 unspecified atom stereocenters. The second-order valence-electron chi connectivity index (χ2n) is 4.53. The van der Waals surface area contributed by atoms with Gasteiger partial charge < -0.3 is 0 Å². The van der Waals surface area contributed by atoms with Gasteiger partial charge in [-0.15, -0.1) is 0 Å². The van der Waals surface area contributed by atoms with E-state index in [0.717, 1.165) is 6.42 Å². The normalized spacial score (nSPS) is 17.3. The Morgan fingerprint density at radius 1 is 1.42 bits per heavy atom. The summed E-state index contributed by atoms with van der Waals surface area (Å²) in [6.45, 7) is 6.16. The van der Waals surface area contributed by atoms with E-state index < -0.39 is 18.4 Å². The SMILES string of the molecule is C=C(C)C1=[C]([Sn]([CH3])([CH3])[CH3])C=CC1. The Kier molecular flexibility index (Phi) is 2.87. The minimum absolute atomic E-state index is 1.12. The minimum atomic E-state index is -1.83. The van der Waals surface area contributed by atoms with Crippen molar-refractivity contribution in [2.24, 2.45) is 0 Å². The van der Waals surface area contributed by atoms with Gasteiger partial charge >= 0.3 is 80.0 Å². The van der Waals surface area contributed by atoms with Crippen molar-refractivity contribution in [1.29, 1.82) is 0 Å². The molecule has 0 N–H and O–H groups in total. The van der Waals surface area contributed by atoms with E-state index in [1.54, 1.807) is 3.59 Å². The molecule has 0 aromatic carbocycles. The summed E-state index contributed by atoms with van der Waals surface area (Å²) < 4.78 is 1.66. The predicted octanol–water partition coefficient (Wildman–Crippen LogP) is 3.70. The first-order valence-corrected chi connectivity index (χ1v) is 14.5. The van der Waals surface area contributed by atoms with Crippen molar-refractivity contribution in [2.45, 2.75) is 28.2 Å². The van der Waals surface area contributed by atoms with Gasteiger partial charge in [-0.3, -0.25) is 0 Å². The molecule has 0 fully saturated rings. The Bertz CT molecular complexity index is 261. The van der Waals surface area contributed by atoms with Gasteiger partial charge in [-0.25, -0.2) is 0 Å². The average molecular weight is 269 g/mol. The molecule has 1 rings (SSSR count). The fourth-order valence-corrected chi connectivity index (χ4v) is 6.86. The van der Waals surface area contributed by atoms with Crippen molar-refractivity contribution in [3.05, 3.63) is 33.5 Å². The number of hydrogen-bond acceptors (Lipinski definition) is 0. The van der Waals surface area contributed by atoms with Crippen molar-refractivity contribution in [3.63, 3.8) is 0 Å². The topological polar surface area (TPSA) is 0 Å². The van der Waals surface area contributed by atoms with E-state index in [1.165, 1.54) is 11.1 Å². The molecule has 0 aliphatic heterocycles. The van der Waals surface area contributed by atoms with Crippen molar-refractivity contribution < 1.29 is 0 Å². The summed E-state index contributed by atoms with van der Waals surface area (Å²) in [5, 5.41) is 0. The van der Waals surface area contributed by atoms with Crippen LogP contribution in [0.15, 0.2) is 33.5 Å². The molecule has 12 heavy (non-hydrogen) atoms. The van der Waals surface area contributed by atoms with Crippen LogP contribution in [-0.2, 0) is 0 Å². The Balaban J connectivity index is 3.06. The van der Waals surface area contributed by atoms with Gasteiger partial charge in [0.15, 0.2) is 0 Å². The molecule has 1 aliphatic carbocycles. The maximum absolute atomic E-state index is 4.04. The standard InChI is InChI=1S/C8H9.3CH3.Sn/c1-7(2)8-5-3-4-6-8;;;;/h3-4H,1,5H2,2H3;3*1H3;. The third-order valence-corrected chi connectivity index (χ3v) is 8.20. The molecule has 0 aromatic rings. The maximum atomic E-state index is 4.04. The van der Waals surface area contributed by atoms with Gasteiger partial charge in [0.05, 0.1) is 0 Å². The van der Waals surface area contributed by atoms with E-state index in [0.29, 0.717) is 0 Å². The zero-order chi connectivity index (χ0) is 9.35. The van der Waals surface area contributed by atoms with Crippen LogP contribution in [0.2, 0.25) is 14.8 Å². The van der Waals surface area contributed by atoms with Crippen LogP contribution in [0.4, 0.5) is 0 Å². The van der Waals surface area contributed by atoms with Crippen molar-refractivity contribution in [3.8, 4) is 0 Å².